The second-order valence-electron chi connectivity index (χ2n) is 2.24. The van der Waals surface area contributed by atoms with Gasteiger partial charge in [0.15, 0.2) is 6.29 Å². The van der Waals surface area contributed by atoms with Crippen molar-refractivity contribution >= 4 is 6.29 Å². The number of ether oxygens (including phenoxy) is 1. The van der Waals surface area contributed by atoms with E-state index in [1.165, 1.54) is 0 Å². The zero-order chi connectivity index (χ0) is 10.1. The molecule has 13 heavy (non-hydrogen) atoms. The molecular formula is C10H17NO2. The van der Waals surface area contributed by atoms with Gasteiger partial charge in [-0.25, -0.2) is 0 Å². The van der Waals surface area contributed by atoms with Gasteiger partial charge in [0.2, 0.25) is 0 Å². The fraction of sp³-hybridized carbons (Fsp3) is 0.500. The summed E-state index contributed by atoms with van der Waals surface area (Å²) in [6.07, 6.45) is 2.71. The average molecular weight is 183 g/mol. The van der Waals surface area contributed by atoms with Crippen LogP contribution in [0.5, 0.6) is 0 Å². The van der Waals surface area contributed by atoms with Crippen LogP contribution < -0.4 is 0 Å². The van der Waals surface area contributed by atoms with Crippen molar-refractivity contribution in [1.82, 2.24) is 4.57 Å². The molecule has 0 N–H and O–H groups in total. The molecule has 74 valence electrons. The van der Waals surface area contributed by atoms with Gasteiger partial charge in [0.25, 0.3) is 0 Å². The lowest BCUT2D eigenvalue weighted by Gasteiger charge is -2.02. The monoisotopic (exact) mass is 183 g/mol. The molecule has 0 fully saturated rings. The van der Waals surface area contributed by atoms with Crippen molar-refractivity contribution in [2.75, 3.05) is 13.7 Å². The van der Waals surface area contributed by atoms with Crippen LogP contribution in [0.3, 0.4) is 0 Å². The first-order chi connectivity index (χ1) is 6.38. The highest BCUT2D eigenvalue weighted by Crippen LogP contribution is 1.97. The Labute approximate surface area is 79.3 Å². The van der Waals surface area contributed by atoms with Gasteiger partial charge in [0, 0.05) is 19.9 Å². The maximum atomic E-state index is 10.4. The van der Waals surface area contributed by atoms with Crippen LogP contribution in [0.1, 0.15) is 24.3 Å². The molecule has 0 aliphatic rings. The molecule has 0 unspecified atom stereocenters. The van der Waals surface area contributed by atoms with E-state index >= 15 is 0 Å². The summed E-state index contributed by atoms with van der Waals surface area (Å²) in [7, 11) is 1.64. The number of hydrogen-bond donors (Lipinski definition) is 0. The number of methoxy groups -OCH3 is 1. The Bertz CT molecular complexity index is 231. The van der Waals surface area contributed by atoms with E-state index in [0.29, 0.717) is 12.3 Å². The molecule has 0 radical (unpaired) electrons. The van der Waals surface area contributed by atoms with Gasteiger partial charge < -0.3 is 9.30 Å². The Morgan fingerprint density at radius 2 is 2.23 bits per heavy atom. The predicted molar refractivity (Wildman–Crippen MR) is 53.0 cm³/mol. The minimum absolute atomic E-state index is 0.634. The van der Waals surface area contributed by atoms with Crippen LogP contribution in [0.2, 0.25) is 0 Å². The summed E-state index contributed by atoms with van der Waals surface area (Å²) in [5.74, 6) is 0. The van der Waals surface area contributed by atoms with Crippen molar-refractivity contribution < 1.29 is 9.53 Å². The summed E-state index contributed by atoms with van der Waals surface area (Å²) in [5, 5.41) is 0. The van der Waals surface area contributed by atoms with Crippen LogP contribution in [0, 0.1) is 0 Å². The SMILES string of the molecule is CC.COCCn1cccc1C=O. The third kappa shape index (κ3) is 3.90. The highest BCUT2D eigenvalue weighted by Gasteiger charge is 1.96. The molecule has 0 bridgehead atoms. The molecule has 3 nitrogen and oxygen atoms in total. The summed E-state index contributed by atoms with van der Waals surface area (Å²) < 4.78 is 6.74. The molecule has 0 aliphatic heterocycles. The van der Waals surface area contributed by atoms with Crippen molar-refractivity contribution in [3.05, 3.63) is 24.0 Å². The van der Waals surface area contributed by atoms with Crippen LogP contribution in [0.25, 0.3) is 0 Å². The van der Waals surface area contributed by atoms with E-state index in [4.69, 9.17) is 4.74 Å². The van der Waals surface area contributed by atoms with Gasteiger partial charge in [-0.05, 0) is 12.1 Å². The fourth-order valence-corrected chi connectivity index (χ4v) is 0.928. The van der Waals surface area contributed by atoms with Gasteiger partial charge in [0.05, 0.1) is 12.3 Å². The van der Waals surface area contributed by atoms with Gasteiger partial charge in [-0.15, -0.1) is 0 Å². The maximum absolute atomic E-state index is 10.4. The molecule has 3 heteroatoms. The van der Waals surface area contributed by atoms with E-state index in [9.17, 15) is 4.79 Å². The average Bonchev–Trinajstić information content (AvgIpc) is 2.65. The van der Waals surface area contributed by atoms with Crippen molar-refractivity contribution in [3.63, 3.8) is 0 Å². The highest BCUT2D eigenvalue weighted by atomic mass is 16.5. The van der Waals surface area contributed by atoms with Crippen LogP contribution in [0.15, 0.2) is 18.3 Å². The fourth-order valence-electron chi connectivity index (χ4n) is 0.928. The van der Waals surface area contributed by atoms with E-state index in [1.807, 2.05) is 30.7 Å². The number of carbonyl (C=O) groups excluding carboxylic acids is 1. The molecule has 0 aromatic carbocycles. The molecule has 0 amide bonds. The topological polar surface area (TPSA) is 31.2 Å². The third-order valence-corrected chi connectivity index (χ3v) is 1.52. The quantitative estimate of drug-likeness (QED) is 0.668. The molecule has 1 aromatic rings. The third-order valence-electron chi connectivity index (χ3n) is 1.52. The molecule has 1 heterocycles. The van der Waals surface area contributed by atoms with Crippen LogP contribution >= 0.6 is 0 Å². The highest BCUT2D eigenvalue weighted by molar-refractivity contribution is 5.72. The lowest BCUT2D eigenvalue weighted by Crippen LogP contribution is -2.05. The molecule has 1 rings (SSSR count). The first-order valence-electron chi connectivity index (χ1n) is 4.47. The van der Waals surface area contributed by atoms with Crippen molar-refractivity contribution in [2.45, 2.75) is 20.4 Å². The lowest BCUT2D eigenvalue weighted by molar-refractivity contribution is 0.111. The number of rotatable bonds is 4. The molecule has 0 spiro atoms. The summed E-state index contributed by atoms with van der Waals surface area (Å²) in [6, 6.07) is 3.63. The molecule has 0 atom stereocenters. The minimum Gasteiger partial charge on any atom is -0.383 e. The van der Waals surface area contributed by atoms with Crippen LogP contribution in [0.4, 0.5) is 0 Å². The number of aldehydes is 1. The van der Waals surface area contributed by atoms with E-state index in [1.54, 1.807) is 13.2 Å². The maximum Gasteiger partial charge on any atom is 0.166 e. The molecule has 1 aromatic heterocycles. The second-order valence-corrected chi connectivity index (χ2v) is 2.24. The zero-order valence-electron chi connectivity index (χ0n) is 8.49. The lowest BCUT2D eigenvalue weighted by atomic mass is 10.5. The minimum atomic E-state index is 0.634. The molecule has 0 aliphatic carbocycles. The summed E-state index contributed by atoms with van der Waals surface area (Å²) in [4.78, 5) is 10.4. The van der Waals surface area contributed by atoms with Gasteiger partial charge in [0.1, 0.15) is 0 Å². The van der Waals surface area contributed by atoms with Crippen molar-refractivity contribution in [2.24, 2.45) is 0 Å². The first-order valence-corrected chi connectivity index (χ1v) is 4.47. The Morgan fingerprint density at radius 1 is 1.54 bits per heavy atom. The Balaban J connectivity index is 0.000000671. The second kappa shape index (κ2) is 7.55. The Hall–Kier alpha value is -1.09. The van der Waals surface area contributed by atoms with Crippen molar-refractivity contribution in [1.29, 1.82) is 0 Å². The van der Waals surface area contributed by atoms with Gasteiger partial charge in [-0.3, -0.25) is 4.79 Å². The summed E-state index contributed by atoms with van der Waals surface area (Å²) in [5.41, 5.74) is 0.696. The number of aromatic nitrogens is 1. The molecular weight excluding hydrogens is 166 g/mol. The molecule has 0 saturated heterocycles. The predicted octanol–water partition coefficient (Wildman–Crippen LogP) is 1.97. The Kier molecular flexibility index (Phi) is 6.92. The number of carbonyl (C=O) groups is 1. The van der Waals surface area contributed by atoms with Gasteiger partial charge in [-0.1, -0.05) is 13.8 Å². The standard InChI is InChI=1S/C8H11NO2.C2H6/c1-11-6-5-9-4-2-3-8(9)7-10;1-2/h2-4,7H,5-6H2,1H3;1-2H3. The first kappa shape index (κ1) is 11.9. The normalized spacial score (nSPS) is 8.85. The van der Waals surface area contributed by atoms with E-state index in [-0.39, 0.29) is 0 Å². The summed E-state index contributed by atoms with van der Waals surface area (Å²) in [6.45, 7) is 5.37. The number of nitrogens with zero attached hydrogens (tertiary/aromatic N) is 1. The number of hydrogen-bond acceptors (Lipinski definition) is 2. The smallest absolute Gasteiger partial charge is 0.166 e. The summed E-state index contributed by atoms with van der Waals surface area (Å²) >= 11 is 0. The zero-order valence-corrected chi connectivity index (χ0v) is 8.49. The Morgan fingerprint density at radius 3 is 2.77 bits per heavy atom. The molecule has 0 saturated carbocycles. The van der Waals surface area contributed by atoms with E-state index in [2.05, 4.69) is 0 Å². The van der Waals surface area contributed by atoms with Crippen molar-refractivity contribution in [3.8, 4) is 0 Å². The van der Waals surface area contributed by atoms with Gasteiger partial charge >= 0.3 is 0 Å². The van der Waals surface area contributed by atoms with E-state index < -0.39 is 0 Å². The van der Waals surface area contributed by atoms with E-state index in [0.717, 1.165) is 12.8 Å². The van der Waals surface area contributed by atoms with Crippen LogP contribution in [-0.4, -0.2) is 24.6 Å². The van der Waals surface area contributed by atoms with Crippen LogP contribution in [-0.2, 0) is 11.3 Å². The largest absolute Gasteiger partial charge is 0.383 e. The van der Waals surface area contributed by atoms with Gasteiger partial charge in [-0.2, -0.15) is 0 Å².